The van der Waals surface area contributed by atoms with Gasteiger partial charge in [0.1, 0.15) is 12.2 Å². The smallest absolute Gasteiger partial charge is 0.410 e. The number of piperidine rings is 2. The Kier molecular flexibility index (Phi) is 18.4. The Morgan fingerprint density at radius 3 is 1.39 bits per heavy atom. The first kappa shape index (κ1) is 49.2. The molecule has 0 radical (unpaired) electrons. The normalized spacial score (nSPS) is 25.4. The first-order chi connectivity index (χ1) is 29.6. The summed E-state index contributed by atoms with van der Waals surface area (Å²) in [6.07, 6.45) is 0.403. The molecular weight excluding hydrogens is 809 g/mol. The highest BCUT2D eigenvalue weighted by Gasteiger charge is 2.46. The third kappa shape index (κ3) is 14.1. The van der Waals surface area contributed by atoms with Crippen LogP contribution in [0.1, 0.15) is 52.4 Å². The molecule has 20 heteroatoms. The molecule has 6 rings (SSSR count). The molecule has 352 valence electrons. The molecular formula is C42H72N8O12. The first-order valence-electron chi connectivity index (χ1n) is 22.6. The lowest BCUT2D eigenvalue weighted by atomic mass is 9.75. The van der Waals surface area contributed by atoms with Gasteiger partial charge in [-0.15, -0.1) is 0 Å². The van der Waals surface area contributed by atoms with Gasteiger partial charge in [-0.25, -0.2) is 9.59 Å². The topological polar surface area (TPSA) is 206 Å². The summed E-state index contributed by atoms with van der Waals surface area (Å²) in [5, 5.41) is 18.5. The molecule has 62 heavy (non-hydrogen) atoms. The van der Waals surface area contributed by atoms with E-state index >= 15 is 0 Å². The van der Waals surface area contributed by atoms with Gasteiger partial charge in [0.25, 0.3) is 0 Å². The molecule has 0 aromatic carbocycles. The number of amides is 2. The lowest BCUT2D eigenvalue weighted by molar-refractivity contribution is -0.165. The molecule has 2 atom stereocenters. The van der Waals surface area contributed by atoms with E-state index in [1.165, 1.54) is 0 Å². The highest BCUT2D eigenvalue weighted by atomic mass is 16.6. The van der Waals surface area contributed by atoms with Gasteiger partial charge in [-0.3, -0.25) is 38.8 Å². The number of ether oxygens (including phenoxy) is 4. The van der Waals surface area contributed by atoms with Crippen molar-refractivity contribution in [2.75, 3.05) is 158 Å². The first-order valence-corrected chi connectivity index (χ1v) is 22.6. The monoisotopic (exact) mass is 881 g/mol. The fraction of sp³-hybridized carbons (Fsp3) is 0.857. The lowest BCUT2D eigenvalue weighted by Crippen LogP contribution is -2.48. The summed E-state index contributed by atoms with van der Waals surface area (Å²) in [6.45, 7) is 20.1. The Bertz CT molecular complexity index is 1510. The number of piperazine rings is 2. The molecule has 6 aliphatic rings. The van der Waals surface area contributed by atoms with Crippen LogP contribution in [-0.4, -0.2) is 256 Å². The second-order valence-electron chi connectivity index (χ2n) is 17.9. The maximum absolute atomic E-state index is 12.7. The number of hydrogen-bond donors (Lipinski definition) is 2. The van der Waals surface area contributed by atoms with Crippen molar-refractivity contribution in [3.05, 3.63) is 0 Å². The van der Waals surface area contributed by atoms with Crippen molar-refractivity contribution in [1.29, 1.82) is 0 Å². The molecule has 2 unspecified atom stereocenters. The number of carbonyl (C=O) groups is 6. The van der Waals surface area contributed by atoms with E-state index in [2.05, 4.69) is 43.5 Å². The minimum absolute atomic E-state index is 0.0476. The van der Waals surface area contributed by atoms with Crippen LogP contribution in [0.3, 0.4) is 0 Å². The quantitative estimate of drug-likeness (QED) is 0.141. The maximum Gasteiger partial charge on any atom is 0.410 e. The number of aliphatic carboxylic acids is 2. The standard InChI is InChI=1S/C23H40N4O6.C19H32N4O6/c1-4-31-20(28)16-23(21(29)32-5-2)6-8-26(9-7-23)17-19-18-27(22(30)33-19)15-14-25-12-10-24(3)11-13-25;1-20-6-8-21(9-7-20)10-11-23-14-15(29-18(23)28)13-22-4-2-19(3-5-22,17(26)27)12-16(24)25/h19H,4-18H2,1-3H3;15H,2-14H2,1H3,(H,24,25)(H,26,27). The number of cyclic esters (lactones) is 2. The Hall–Kier alpha value is -3.82. The Morgan fingerprint density at radius 1 is 0.581 bits per heavy atom. The van der Waals surface area contributed by atoms with Crippen LogP contribution in [0.25, 0.3) is 0 Å². The number of hydrogen-bond acceptors (Lipinski definition) is 16. The van der Waals surface area contributed by atoms with Crippen LogP contribution < -0.4 is 0 Å². The van der Waals surface area contributed by atoms with E-state index in [0.29, 0.717) is 97.7 Å². The minimum Gasteiger partial charge on any atom is -0.481 e. The summed E-state index contributed by atoms with van der Waals surface area (Å²) in [4.78, 5) is 89.2. The second-order valence-corrected chi connectivity index (χ2v) is 17.9. The van der Waals surface area contributed by atoms with Gasteiger partial charge >= 0.3 is 36.1 Å². The summed E-state index contributed by atoms with van der Waals surface area (Å²) >= 11 is 0. The average Bonchev–Trinajstić information content (AvgIpc) is 3.77. The molecule has 0 aromatic rings. The third-order valence-electron chi connectivity index (χ3n) is 13.5. The molecule has 2 amide bonds. The maximum atomic E-state index is 12.7. The molecule has 2 N–H and O–H groups in total. The van der Waals surface area contributed by atoms with Crippen LogP contribution in [-0.2, 0) is 38.1 Å². The number of carboxylic acids is 2. The Balaban J connectivity index is 0.000000236. The zero-order valence-electron chi connectivity index (χ0n) is 37.5. The minimum atomic E-state index is -1.19. The van der Waals surface area contributed by atoms with Crippen molar-refractivity contribution in [2.24, 2.45) is 10.8 Å². The number of carboxylic acid groups (broad SMARTS) is 2. The molecule has 0 bridgehead atoms. The van der Waals surface area contributed by atoms with Crippen LogP contribution in [0.4, 0.5) is 9.59 Å². The summed E-state index contributed by atoms with van der Waals surface area (Å²) in [7, 11) is 4.25. The second kappa shape index (κ2) is 23.2. The van der Waals surface area contributed by atoms with Gasteiger partial charge in [0, 0.05) is 91.6 Å². The molecule has 6 heterocycles. The molecule has 6 saturated heterocycles. The largest absolute Gasteiger partial charge is 0.481 e. The molecule has 0 aromatic heterocycles. The van der Waals surface area contributed by atoms with E-state index in [9.17, 15) is 33.9 Å². The van der Waals surface area contributed by atoms with Crippen molar-refractivity contribution >= 4 is 36.1 Å². The van der Waals surface area contributed by atoms with Crippen LogP contribution in [0.2, 0.25) is 0 Å². The third-order valence-corrected chi connectivity index (χ3v) is 13.5. The van der Waals surface area contributed by atoms with E-state index in [4.69, 9.17) is 24.1 Å². The van der Waals surface area contributed by atoms with Gasteiger partial charge < -0.3 is 48.8 Å². The summed E-state index contributed by atoms with van der Waals surface area (Å²) in [5.41, 5.74) is -2.02. The zero-order chi connectivity index (χ0) is 44.9. The summed E-state index contributed by atoms with van der Waals surface area (Å²) in [6, 6.07) is 0. The van der Waals surface area contributed by atoms with Gasteiger partial charge in [0.05, 0.1) is 50.0 Å². The van der Waals surface area contributed by atoms with Crippen molar-refractivity contribution in [3.63, 3.8) is 0 Å². The number of rotatable bonds is 18. The van der Waals surface area contributed by atoms with Gasteiger partial charge in [-0.2, -0.15) is 0 Å². The van der Waals surface area contributed by atoms with Crippen LogP contribution in [0.5, 0.6) is 0 Å². The van der Waals surface area contributed by atoms with Crippen molar-refractivity contribution in [2.45, 2.75) is 64.6 Å². The zero-order valence-corrected chi connectivity index (χ0v) is 37.5. The lowest BCUT2D eigenvalue weighted by Gasteiger charge is -2.39. The van der Waals surface area contributed by atoms with Gasteiger partial charge in [0.2, 0.25) is 0 Å². The molecule has 20 nitrogen and oxygen atoms in total. The average molecular weight is 881 g/mol. The molecule has 6 fully saturated rings. The van der Waals surface area contributed by atoms with Crippen LogP contribution in [0.15, 0.2) is 0 Å². The number of carbonyl (C=O) groups excluding carboxylic acids is 4. The highest BCUT2D eigenvalue weighted by molar-refractivity contribution is 5.84. The Morgan fingerprint density at radius 2 is 1.00 bits per heavy atom. The fourth-order valence-corrected chi connectivity index (χ4v) is 9.26. The number of esters is 2. The summed E-state index contributed by atoms with van der Waals surface area (Å²) < 4.78 is 21.5. The van der Waals surface area contributed by atoms with E-state index in [1.54, 1.807) is 23.6 Å². The van der Waals surface area contributed by atoms with Gasteiger partial charge in [0.15, 0.2) is 0 Å². The van der Waals surface area contributed by atoms with E-state index < -0.39 is 22.8 Å². The highest BCUT2D eigenvalue weighted by Crippen LogP contribution is 2.38. The number of likely N-dealkylation sites (tertiary alicyclic amines) is 2. The van der Waals surface area contributed by atoms with E-state index in [0.717, 1.165) is 65.4 Å². The predicted molar refractivity (Wildman–Crippen MR) is 226 cm³/mol. The van der Waals surface area contributed by atoms with E-state index in [-0.39, 0.29) is 55.8 Å². The van der Waals surface area contributed by atoms with Crippen molar-refractivity contribution in [1.82, 2.24) is 39.2 Å². The number of likely N-dealkylation sites (N-methyl/N-ethyl adjacent to an activating group) is 2. The van der Waals surface area contributed by atoms with Crippen molar-refractivity contribution in [3.8, 4) is 0 Å². The van der Waals surface area contributed by atoms with Gasteiger partial charge in [-0.1, -0.05) is 0 Å². The number of nitrogens with zero attached hydrogens (tertiary/aromatic N) is 8. The van der Waals surface area contributed by atoms with Crippen LogP contribution in [0, 0.1) is 10.8 Å². The fourth-order valence-electron chi connectivity index (χ4n) is 9.26. The predicted octanol–water partition coefficient (Wildman–Crippen LogP) is 0.349. The molecule has 0 spiro atoms. The summed E-state index contributed by atoms with van der Waals surface area (Å²) in [5.74, 6) is -2.80. The molecule has 6 aliphatic heterocycles. The molecule has 0 aliphatic carbocycles. The van der Waals surface area contributed by atoms with Crippen LogP contribution >= 0.6 is 0 Å². The van der Waals surface area contributed by atoms with E-state index in [1.807, 2.05) is 0 Å². The van der Waals surface area contributed by atoms with Gasteiger partial charge in [-0.05, 0) is 79.8 Å². The molecule has 0 saturated carbocycles. The van der Waals surface area contributed by atoms with Crippen molar-refractivity contribution < 1.29 is 57.9 Å². The SMILES string of the molecule is CCOC(=O)CC1(C(=O)OCC)CCN(CC2CN(CCN3CCN(C)CC3)C(=O)O2)CC1.CN1CCN(CCN2CC(CN3CCC(CC(=O)O)(C(=O)O)CC3)OC2=O)CC1. The Labute approximate surface area is 366 Å².